The van der Waals surface area contributed by atoms with Crippen LogP contribution in [0.2, 0.25) is 5.02 Å². The molecule has 0 amide bonds. The third-order valence-corrected chi connectivity index (χ3v) is 3.57. The molecular weight excluding hydrogens is 282 g/mol. The Hall–Kier alpha value is -1.51. The molecule has 2 aromatic rings. The summed E-state index contributed by atoms with van der Waals surface area (Å²) in [7, 11) is 0. The summed E-state index contributed by atoms with van der Waals surface area (Å²) in [5.41, 5.74) is 3.42. The smallest absolute Gasteiger partial charge is 0.133 e. The Labute approximate surface area is 132 Å². The van der Waals surface area contributed by atoms with E-state index in [4.69, 9.17) is 16.3 Å². The molecule has 1 N–H and O–H groups in total. The van der Waals surface area contributed by atoms with Gasteiger partial charge in [-0.2, -0.15) is 0 Å². The Morgan fingerprint density at radius 3 is 2.62 bits per heavy atom. The van der Waals surface area contributed by atoms with Crippen LogP contribution in [0, 0.1) is 13.8 Å². The van der Waals surface area contributed by atoms with Crippen molar-refractivity contribution in [2.24, 2.45) is 0 Å². The van der Waals surface area contributed by atoms with E-state index in [0.717, 1.165) is 42.1 Å². The van der Waals surface area contributed by atoms with Crippen LogP contribution in [0.15, 0.2) is 36.4 Å². The maximum absolute atomic E-state index is 6.12. The number of hydrogen-bond acceptors (Lipinski definition) is 2. The van der Waals surface area contributed by atoms with Gasteiger partial charge in [-0.15, -0.1) is 0 Å². The van der Waals surface area contributed by atoms with Gasteiger partial charge in [0.15, 0.2) is 0 Å². The van der Waals surface area contributed by atoms with Crippen LogP contribution < -0.4 is 10.1 Å². The number of nitrogens with one attached hydrogen (secondary N) is 1. The highest BCUT2D eigenvalue weighted by Crippen LogP contribution is 2.31. The van der Waals surface area contributed by atoms with Gasteiger partial charge in [0.1, 0.15) is 11.5 Å². The summed E-state index contributed by atoms with van der Waals surface area (Å²) < 4.78 is 6.11. The standard InChI is InChI=1S/C18H22ClNO/c1-4-9-20-12-15-7-8-16(19)11-18(15)21-17-10-13(2)5-6-14(17)3/h5-8,10-11,20H,4,9,12H2,1-3H3. The van der Waals surface area contributed by atoms with Crippen LogP contribution in [0.3, 0.4) is 0 Å². The predicted molar refractivity (Wildman–Crippen MR) is 89.4 cm³/mol. The van der Waals surface area contributed by atoms with Gasteiger partial charge in [-0.1, -0.05) is 36.7 Å². The fourth-order valence-electron chi connectivity index (χ4n) is 2.10. The summed E-state index contributed by atoms with van der Waals surface area (Å²) in [5, 5.41) is 4.09. The van der Waals surface area contributed by atoms with Crippen molar-refractivity contribution in [1.29, 1.82) is 0 Å². The molecule has 2 aromatic carbocycles. The van der Waals surface area contributed by atoms with Gasteiger partial charge >= 0.3 is 0 Å². The van der Waals surface area contributed by atoms with Gasteiger partial charge in [-0.3, -0.25) is 0 Å². The quantitative estimate of drug-likeness (QED) is 0.736. The highest BCUT2D eigenvalue weighted by molar-refractivity contribution is 6.30. The van der Waals surface area contributed by atoms with Gasteiger partial charge in [-0.25, -0.2) is 0 Å². The van der Waals surface area contributed by atoms with Gasteiger partial charge in [0, 0.05) is 17.1 Å². The average molecular weight is 304 g/mol. The Balaban J connectivity index is 2.25. The molecule has 3 heteroatoms. The minimum atomic E-state index is 0.689. The number of hydrogen-bond donors (Lipinski definition) is 1. The first-order valence-electron chi connectivity index (χ1n) is 7.34. The van der Waals surface area contributed by atoms with E-state index in [1.165, 1.54) is 5.56 Å². The first kappa shape index (κ1) is 15.9. The second-order valence-corrected chi connectivity index (χ2v) is 5.74. The van der Waals surface area contributed by atoms with Crippen LogP contribution in [-0.2, 0) is 6.54 Å². The molecule has 0 aromatic heterocycles. The van der Waals surface area contributed by atoms with Crippen LogP contribution in [0.25, 0.3) is 0 Å². The summed E-state index contributed by atoms with van der Waals surface area (Å²) in [6.07, 6.45) is 1.11. The summed E-state index contributed by atoms with van der Waals surface area (Å²) in [6.45, 7) is 8.04. The van der Waals surface area contributed by atoms with Gasteiger partial charge < -0.3 is 10.1 Å². The molecule has 0 spiro atoms. The van der Waals surface area contributed by atoms with E-state index in [0.29, 0.717) is 5.02 Å². The van der Waals surface area contributed by atoms with Crippen LogP contribution in [-0.4, -0.2) is 6.54 Å². The van der Waals surface area contributed by atoms with E-state index in [1.54, 1.807) is 0 Å². The van der Waals surface area contributed by atoms with Crippen molar-refractivity contribution in [2.45, 2.75) is 33.7 Å². The monoisotopic (exact) mass is 303 g/mol. The zero-order valence-electron chi connectivity index (χ0n) is 12.9. The SMILES string of the molecule is CCCNCc1ccc(Cl)cc1Oc1cc(C)ccc1C. The molecule has 0 aliphatic carbocycles. The van der Waals surface area contributed by atoms with Crippen LogP contribution >= 0.6 is 11.6 Å². The zero-order chi connectivity index (χ0) is 15.2. The zero-order valence-corrected chi connectivity index (χ0v) is 13.6. The van der Waals surface area contributed by atoms with Crippen molar-refractivity contribution in [3.8, 4) is 11.5 Å². The van der Waals surface area contributed by atoms with Crippen molar-refractivity contribution in [3.05, 3.63) is 58.1 Å². The Morgan fingerprint density at radius 1 is 1.05 bits per heavy atom. The maximum Gasteiger partial charge on any atom is 0.133 e. The van der Waals surface area contributed by atoms with E-state index in [1.807, 2.05) is 25.1 Å². The van der Waals surface area contributed by atoms with Crippen molar-refractivity contribution < 1.29 is 4.74 Å². The lowest BCUT2D eigenvalue weighted by Crippen LogP contribution is -2.14. The molecule has 112 valence electrons. The highest BCUT2D eigenvalue weighted by Gasteiger charge is 2.08. The lowest BCUT2D eigenvalue weighted by molar-refractivity contribution is 0.469. The van der Waals surface area contributed by atoms with Crippen molar-refractivity contribution >= 4 is 11.6 Å². The molecule has 0 fully saturated rings. The fraction of sp³-hybridized carbons (Fsp3) is 0.333. The summed E-state index contributed by atoms with van der Waals surface area (Å²) in [4.78, 5) is 0. The van der Waals surface area contributed by atoms with E-state index in [2.05, 4.69) is 37.4 Å². The first-order valence-corrected chi connectivity index (χ1v) is 7.72. The Bertz CT molecular complexity index is 610. The maximum atomic E-state index is 6.12. The number of rotatable bonds is 6. The van der Waals surface area contributed by atoms with Crippen molar-refractivity contribution in [1.82, 2.24) is 5.32 Å². The Kier molecular flexibility index (Phi) is 5.66. The second kappa shape index (κ2) is 7.48. The molecule has 0 bridgehead atoms. The minimum Gasteiger partial charge on any atom is -0.457 e. The third kappa shape index (κ3) is 4.48. The minimum absolute atomic E-state index is 0.689. The third-order valence-electron chi connectivity index (χ3n) is 3.33. The molecule has 0 radical (unpaired) electrons. The topological polar surface area (TPSA) is 21.3 Å². The molecule has 0 aliphatic rings. The average Bonchev–Trinajstić information content (AvgIpc) is 2.45. The molecule has 0 saturated carbocycles. The lowest BCUT2D eigenvalue weighted by atomic mass is 10.1. The van der Waals surface area contributed by atoms with E-state index >= 15 is 0 Å². The predicted octanol–water partition coefficient (Wildman–Crippen LogP) is 5.25. The van der Waals surface area contributed by atoms with E-state index in [9.17, 15) is 0 Å². The van der Waals surface area contributed by atoms with Crippen molar-refractivity contribution in [2.75, 3.05) is 6.54 Å². The summed E-state index contributed by atoms with van der Waals surface area (Å²) in [5.74, 6) is 1.70. The largest absolute Gasteiger partial charge is 0.457 e. The molecule has 2 nitrogen and oxygen atoms in total. The van der Waals surface area contributed by atoms with Crippen LogP contribution in [0.4, 0.5) is 0 Å². The van der Waals surface area contributed by atoms with Gasteiger partial charge in [0.2, 0.25) is 0 Å². The van der Waals surface area contributed by atoms with Crippen molar-refractivity contribution in [3.63, 3.8) is 0 Å². The number of benzene rings is 2. The molecule has 0 saturated heterocycles. The summed E-state index contributed by atoms with van der Waals surface area (Å²) >= 11 is 6.12. The van der Waals surface area contributed by atoms with Gasteiger partial charge in [-0.05, 0) is 56.1 Å². The van der Waals surface area contributed by atoms with Gasteiger partial charge in [0.25, 0.3) is 0 Å². The molecule has 0 heterocycles. The second-order valence-electron chi connectivity index (χ2n) is 5.30. The van der Waals surface area contributed by atoms with Crippen LogP contribution in [0.5, 0.6) is 11.5 Å². The summed E-state index contributed by atoms with van der Waals surface area (Å²) in [6, 6.07) is 12.0. The molecular formula is C18H22ClNO. The van der Waals surface area contributed by atoms with Crippen LogP contribution in [0.1, 0.15) is 30.0 Å². The van der Waals surface area contributed by atoms with Gasteiger partial charge in [0.05, 0.1) is 0 Å². The number of aryl methyl sites for hydroxylation is 2. The lowest BCUT2D eigenvalue weighted by Gasteiger charge is -2.14. The molecule has 2 rings (SSSR count). The molecule has 0 aliphatic heterocycles. The number of halogens is 1. The highest BCUT2D eigenvalue weighted by atomic mass is 35.5. The van der Waals surface area contributed by atoms with E-state index in [-0.39, 0.29) is 0 Å². The molecule has 21 heavy (non-hydrogen) atoms. The normalized spacial score (nSPS) is 10.7. The molecule has 0 atom stereocenters. The number of ether oxygens (including phenoxy) is 1. The Morgan fingerprint density at radius 2 is 1.86 bits per heavy atom. The fourth-order valence-corrected chi connectivity index (χ4v) is 2.27. The molecule has 0 unspecified atom stereocenters. The van der Waals surface area contributed by atoms with E-state index < -0.39 is 0 Å². The first-order chi connectivity index (χ1) is 10.1.